The Labute approximate surface area is 145 Å². The van der Waals surface area contributed by atoms with Crippen LogP contribution in [0, 0.1) is 0 Å². The van der Waals surface area contributed by atoms with Crippen LogP contribution in [0.15, 0.2) is 29.2 Å². The second-order valence-electron chi connectivity index (χ2n) is 5.78. The Hall–Kier alpha value is -1.20. The molecule has 1 saturated heterocycles. The van der Waals surface area contributed by atoms with Gasteiger partial charge in [-0.3, -0.25) is 4.90 Å². The Morgan fingerprint density at radius 3 is 2.60 bits per heavy atom. The van der Waals surface area contributed by atoms with E-state index in [1.165, 1.54) is 30.2 Å². The van der Waals surface area contributed by atoms with Crippen molar-refractivity contribution in [1.82, 2.24) is 14.9 Å². The number of piperazine rings is 1. The molecule has 10 heteroatoms. The number of benzene rings is 1. The third-order valence-electron chi connectivity index (χ3n) is 3.96. The molecule has 25 heavy (non-hydrogen) atoms. The van der Waals surface area contributed by atoms with E-state index in [1.54, 1.807) is 6.07 Å². The largest absolute Gasteiger partial charge is 0.405 e. The number of ether oxygens (including phenoxy) is 1. The van der Waals surface area contributed by atoms with Gasteiger partial charge in [-0.1, -0.05) is 12.1 Å². The molecule has 0 spiro atoms. The zero-order valence-corrected chi connectivity index (χ0v) is 14.7. The van der Waals surface area contributed by atoms with Crippen LogP contribution in [0.25, 0.3) is 0 Å². The smallest absolute Gasteiger partial charge is 0.380 e. The van der Waals surface area contributed by atoms with E-state index in [9.17, 15) is 21.6 Å². The fourth-order valence-corrected chi connectivity index (χ4v) is 3.79. The summed E-state index contributed by atoms with van der Waals surface area (Å²) in [6.07, 6.45) is -4.52. The van der Waals surface area contributed by atoms with Crippen molar-refractivity contribution in [2.24, 2.45) is 0 Å². The van der Waals surface area contributed by atoms with Gasteiger partial charge in [0.1, 0.15) is 6.04 Å². The SMILES string of the molecule is COCc1cccc(S(=O)(=O)NCC(N2CCNCC2)C(F)(F)F)c1. The van der Waals surface area contributed by atoms with Crippen LogP contribution < -0.4 is 10.0 Å². The quantitative estimate of drug-likeness (QED) is 0.736. The highest BCUT2D eigenvalue weighted by Crippen LogP contribution is 2.25. The van der Waals surface area contributed by atoms with Crippen LogP contribution in [0.3, 0.4) is 0 Å². The van der Waals surface area contributed by atoms with Gasteiger partial charge in [0.2, 0.25) is 10.0 Å². The van der Waals surface area contributed by atoms with Crippen LogP contribution >= 0.6 is 0 Å². The molecule has 1 fully saturated rings. The van der Waals surface area contributed by atoms with E-state index in [-0.39, 0.29) is 24.6 Å². The number of nitrogens with zero attached hydrogens (tertiary/aromatic N) is 1. The molecule has 0 radical (unpaired) electrons. The van der Waals surface area contributed by atoms with Crippen molar-refractivity contribution >= 4 is 10.0 Å². The fraction of sp³-hybridized carbons (Fsp3) is 0.600. The summed E-state index contributed by atoms with van der Waals surface area (Å²) in [5, 5.41) is 2.98. The van der Waals surface area contributed by atoms with E-state index in [4.69, 9.17) is 4.74 Å². The molecule has 0 bridgehead atoms. The molecule has 1 aliphatic rings. The first-order chi connectivity index (χ1) is 11.7. The molecule has 1 unspecified atom stereocenters. The first-order valence-electron chi connectivity index (χ1n) is 7.83. The summed E-state index contributed by atoms with van der Waals surface area (Å²) in [5.74, 6) is 0. The van der Waals surface area contributed by atoms with Crippen molar-refractivity contribution in [2.75, 3.05) is 39.8 Å². The molecule has 1 heterocycles. The minimum Gasteiger partial charge on any atom is -0.380 e. The van der Waals surface area contributed by atoms with E-state index in [0.717, 1.165) is 0 Å². The number of halogens is 3. The molecule has 2 N–H and O–H groups in total. The Kier molecular flexibility index (Phi) is 6.80. The second-order valence-corrected chi connectivity index (χ2v) is 7.54. The lowest BCUT2D eigenvalue weighted by molar-refractivity contribution is -0.182. The summed E-state index contributed by atoms with van der Waals surface area (Å²) >= 11 is 0. The average Bonchev–Trinajstić information content (AvgIpc) is 2.55. The second kappa shape index (κ2) is 8.45. The van der Waals surface area contributed by atoms with Crippen LogP contribution in [0.5, 0.6) is 0 Å². The van der Waals surface area contributed by atoms with Gasteiger partial charge in [0.05, 0.1) is 11.5 Å². The predicted octanol–water partition coefficient (Wildman–Crippen LogP) is 0.947. The molecule has 1 aliphatic heterocycles. The Balaban J connectivity index is 2.11. The van der Waals surface area contributed by atoms with Gasteiger partial charge in [0.15, 0.2) is 0 Å². The molecule has 1 aromatic rings. The van der Waals surface area contributed by atoms with Gasteiger partial charge in [0, 0.05) is 39.8 Å². The maximum absolute atomic E-state index is 13.3. The van der Waals surface area contributed by atoms with Crippen LogP contribution in [0.4, 0.5) is 13.2 Å². The van der Waals surface area contributed by atoms with Gasteiger partial charge in [-0.25, -0.2) is 13.1 Å². The summed E-state index contributed by atoms with van der Waals surface area (Å²) in [5.41, 5.74) is 0.625. The average molecular weight is 381 g/mol. The number of hydrogen-bond donors (Lipinski definition) is 2. The van der Waals surface area contributed by atoms with Crippen molar-refractivity contribution < 1.29 is 26.3 Å². The van der Waals surface area contributed by atoms with E-state index in [1.807, 2.05) is 0 Å². The number of rotatable bonds is 7. The van der Waals surface area contributed by atoms with Gasteiger partial charge in [0.25, 0.3) is 0 Å². The van der Waals surface area contributed by atoms with Crippen molar-refractivity contribution in [3.63, 3.8) is 0 Å². The first kappa shape index (κ1) is 20.1. The molecule has 142 valence electrons. The highest BCUT2D eigenvalue weighted by atomic mass is 32.2. The lowest BCUT2D eigenvalue weighted by Crippen LogP contribution is -2.57. The normalized spacial score (nSPS) is 18.2. The Morgan fingerprint density at radius 1 is 1.32 bits per heavy atom. The molecule has 0 saturated carbocycles. The molecule has 0 aromatic heterocycles. The Bertz CT molecular complexity index is 661. The van der Waals surface area contributed by atoms with Crippen LogP contribution in [0.2, 0.25) is 0 Å². The summed E-state index contributed by atoms with van der Waals surface area (Å²) < 4.78 is 71.7. The minimum absolute atomic E-state index is 0.0803. The zero-order chi connectivity index (χ0) is 18.5. The molecule has 1 atom stereocenters. The minimum atomic E-state index is -4.52. The molecule has 2 rings (SSSR count). The van der Waals surface area contributed by atoms with Gasteiger partial charge in [-0.15, -0.1) is 0 Å². The number of sulfonamides is 1. The van der Waals surface area contributed by atoms with E-state index < -0.39 is 28.8 Å². The summed E-state index contributed by atoms with van der Waals surface area (Å²) in [6.45, 7) is 0.816. The molecule has 0 aliphatic carbocycles. The van der Waals surface area contributed by atoms with Gasteiger partial charge < -0.3 is 10.1 Å². The van der Waals surface area contributed by atoms with Crippen molar-refractivity contribution in [3.8, 4) is 0 Å². The van der Waals surface area contributed by atoms with Crippen molar-refractivity contribution in [1.29, 1.82) is 0 Å². The third-order valence-corrected chi connectivity index (χ3v) is 5.38. The van der Waals surface area contributed by atoms with E-state index in [0.29, 0.717) is 18.7 Å². The molecule has 1 aromatic carbocycles. The van der Waals surface area contributed by atoms with Crippen LogP contribution in [-0.2, 0) is 21.4 Å². The highest BCUT2D eigenvalue weighted by Gasteiger charge is 2.44. The fourth-order valence-electron chi connectivity index (χ4n) is 2.69. The number of nitrogens with one attached hydrogen (secondary N) is 2. The Morgan fingerprint density at radius 2 is 2.00 bits per heavy atom. The van der Waals surface area contributed by atoms with Crippen molar-refractivity contribution in [3.05, 3.63) is 29.8 Å². The molecular formula is C15H22F3N3O3S. The van der Waals surface area contributed by atoms with Crippen molar-refractivity contribution in [2.45, 2.75) is 23.7 Å². The molecule has 0 amide bonds. The number of hydrogen-bond acceptors (Lipinski definition) is 5. The zero-order valence-electron chi connectivity index (χ0n) is 13.8. The standard InChI is InChI=1S/C15H22F3N3O3S/c1-24-11-12-3-2-4-13(9-12)25(22,23)20-10-14(15(16,17)18)21-7-5-19-6-8-21/h2-4,9,14,19-20H,5-8,10-11H2,1H3. The summed E-state index contributed by atoms with van der Waals surface area (Å²) in [4.78, 5) is 1.17. The van der Waals surface area contributed by atoms with E-state index in [2.05, 4.69) is 10.0 Å². The lowest BCUT2D eigenvalue weighted by atomic mass is 10.2. The van der Waals surface area contributed by atoms with Crippen LogP contribution in [0.1, 0.15) is 5.56 Å². The topological polar surface area (TPSA) is 70.7 Å². The number of alkyl halides is 3. The highest BCUT2D eigenvalue weighted by molar-refractivity contribution is 7.89. The summed E-state index contributed by atoms with van der Waals surface area (Å²) in [7, 11) is -2.57. The maximum Gasteiger partial charge on any atom is 0.405 e. The number of methoxy groups -OCH3 is 1. The predicted molar refractivity (Wildman–Crippen MR) is 86.6 cm³/mol. The molecular weight excluding hydrogens is 359 g/mol. The summed E-state index contributed by atoms with van der Waals surface area (Å²) in [6, 6.07) is 4.09. The first-order valence-corrected chi connectivity index (χ1v) is 9.31. The van der Waals surface area contributed by atoms with Crippen LogP contribution in [-0.4, -0.2) is 65.4 Å². The van der Waals surface area contributed by atoms with Gasteiger partial charge in [-0.05, 0) is 17.7 Å². The van der Waals surface area contributed by atoms with Gasteiger partial charge in [-0.2, -0.15) is 13.2 Å². The lowest BCUT2D eigenvalue weighted by Gasteiger charge is -2.35. The van der Waals surface area contributed by atoms with Gasteiger partial charge >= 0.3 is 6.18 Å². The maximum atomic E-state index is 13.3. The third kappa shape index (κ3) is 5.65. The monoisotopic (exact) mass is 381 g/mol. The van der Waals surface area contributed by atoms with E-state index >= 15 is 0 Å². The molecule has 6 nitrogen and oxygen atoms in total.